The van der Waals surface area contributed by atoms with Crippen LogP contribution in [0.5, 0.6) is 0 Å². The average molecular weight is 436 g/mol. The van der Waals surface area contributed by atoms with Gasteiger partial charge < -0.3 is 19.5 Å². The highest BCUT2D eigenvalue weighted by Gasteiger charge is 2.11. The van der Waals surface area contributed by atoms with E-state index in [1.54, 1.807) is 43.6 Å². The predicted octanol–water partition coefficient (Wildman–Crippen LogP) is 4.00. The molecule has 2 N–H and O–H groups in total. The second kappa shape index (κ2) is 9.07. The monoisotopic (exact) mass is 436 g/mol. The third kappa shape index (κ3) is 4.47. The van der Waals surface area contributed by atoms with Crippen LogP contribution in [0.3, 0.4) is 0 Å². The number of rotatable bonds is 7. The van der Waals surface area contributed by atoms with E-state index in [4.69, 9.17) is 21.4 Å². The van der Waals surface area contributed by atoms with E-state index < -0.39 is 0 Å². The summed E-state index contributed by atoms with van der Waals surface area (Å²) >= 11 is 5.33. The molecule has 0 fully saturated rings. The Bertz CT molecular complexity index is 1320. The number of carbonyl (C=O) groups is 1. The smallest absolute Gasteiger partial charge is 0.262 e. The van der Waals surface area contributed by atoms with Gasteiger partial charge in [0.1, 0.15) is 0 Å². The molecule has 4 aromatic rings. The van der Waals surface area contributed by atoms with E-state index >= 15 is 0 Å². The Morgan fingerprint density at radius 2 is 2.06 bits per heavy atom. The van der Waals surface area contributed by atoms with Crippen LogP contribution in [0.25, 0.3) is 22.2 Å². The van der Waals surface area contributed by atoms with Crippen molar-refractivity contribution in [1.82, 2.24) is 14.5 Å². The summed E-state index contributed by atoms with van der Waals surface area (Å²) in [5, 5.41) is 3.32. The van der Waals surface area contributed by atoms with Gasteiger partial charge in [-0.2, -0.15) is 0 Å². The van der Waals surface area contributed by atoms with Crippen LogP contribution >= 0.6 is 12.2 Å². The lowest BCUT2D eigenvalue weighted by molar-refractivity contribution is 0.102. The molecule has 4 rings (SSSR count). The Morgan fingerprint density at radius 3 is 2.77 bits per heavy atom. The fraction of sp³-hybridized carbons (Fsp3) is 0.182. The minimum absolute atomic E-state index is 0.190. The minimum atomic E-state index is -0.294. The number of carbonyl (C=O) groups excluding carboxylic acids is 1. The Morgan fingerprint density at radius 1 is 1.26 bits per heavy atom. The van der Waals surface area contributed by atoms with Gasteiger partial charge in [-0.05, 0) is 61.1 Å². The van der Waals surface area contributed by atoms with Crippen molar-refractivity contribution in [1.29, 1.82) is 0 Å². The van der Waals surface area contributed by atoms with E-state index in [0.29, 0.717) is 52.3 Å². The molecule has 1 amide bonds. The molecule has 2 aromatic heterocycles. The summed E-state index contributed by atoms with van der Waals surface area (Å²) in [6.07, 6.45) is 3.66. The van der Waals surface area contributed by atoms with Crippen LogP contribution in [-0.4, -0.2) is 34.2 Å². The highest BCUT2D eigenvalue weighted by molar-refractivity contribution is 7.71. The molecular weight excluding hydrogens is 416 g/mol. The number of hydrogen-bond donors (Lipinski definition) is 2. The van der Waals surface area contributed by atoms with Crippen molar-refractivity contribution in [3.8, 4) is 11.3 Å². The molecular formula is C22H20N4O4S. The minimum Gasteiger partial charge on any atom is -0.444 e. The van der Waals surface area contributed by atoms with Gasteiger partial charge in [0, 0.05) is 37.1 Å². The molecule has 31 heavy (non-hydrogen) atoms. The normalized spacial score (nSPS) is 11.0. The molecule has 2 heterocycles. The van der Waals surface area contributed by atoms with Crippen molar-refractivity contribution in [2.75, 3.05) is 19.0 Å². The Balaban J connectivity index is 1.55. The summed E-state index contributed by atoms with van der Waals surface area (Å²) in [6, 6.07) is 12.1. The molecule has 0 aliphatic rings. The summed E-state index contributed by atoms with van der Waals surface area (Å²) in [5.41, 5.74) is 2.23. The largest absolute Gasteiger partial charge is 0.444 e. The molecule has 0 unspecified atom stereocenters. The second-order valence-electron chi connectivity index (χ2n) is 6.89. The summed E-state index contributed by atoms with van der Waals surface area (Å²) in [4.78, 5) is 32.4. The van der Waals surface area contributed by atoms with Crippen molar-refractivity contribution in [2.45, 2.75) is 13.0 Å². The molecule has 8 nitrogen and oxygen atoms in total. The summed E-state index contributed by atoms with van der Waals surface area (Å²) in [6.45, 7) is 1.00. The van der Waals surface area contributed by atoms with E-state index in [1.165, 1.54) is 11.0 Å². The van der Waals surface area contributed by atoms with Crippen molar-refractivity contribution in [2.24, 2.45) is 0 Å². The van der Waals surface area contributed by atoms with E-state index in [2.05, 4.69) is 15.3 Å². The van der Waals surface area contributed by atoms with Crippen LogP contribution in [0.1, 0.15) is 16.8 Å². The SMILES string of the molecule is COCCCn1c(=S)[nH]c2cc(C(=O)Nc3ccc(-c4cnco4)cc3)ccc2c1=O. The Labute approximate surface area is 182 Å². The molecule has 0 saturated heterocycles. The van der Waals surface area contributed by atoms with Gasteiger partial charge in [0.2, 0.25) is 0 Å². The number of nitrogens with one attached hydrogen (secondary N) is 2. The maximum absolute atomic E-state index is 12.8. The zero-order chi connectivity index (χ0) is 21.8. The van der Waals surface area contributed by atoms with Gasteiger partial charge in [0.15, 0.2) is 16.9 Å². The average Bonchev–Trinajstić information content (AvgIpc) is 3.31. The summed E-state index contributed by atoms with van der Waals surface area (Å²) in [7, 11) is 1.61. The number of ether oxygens (including phenoxy) is 1. The molecule has 158 valence electrons. The van der Waals surface area contributed by atoms with Crippen molar-refractivity contribution in [3.63, 3.8) is 0 Å². The van der Waals surface area contributed by atoms with Crippen molar-refractivity contribution < 1.29 is 13.9 Å². The van der Waals surface area contributed by atoms with Crippen LogP contribution < -0.4 is 10.9 Å². The summed E-state index contributed by atoms with van der Waals surface area (Å²) in [5.74, 6) is 0.355. The molecule has 2 aromatic carbocycles. The highest BCUT2D eigenvalue weighted by Crippen LogP contribution is 2.21. The summed E-state index contributed by atoms with van der Waals surface area (Å²) < 4.78 is 12.1. The van der Waals surface area contributed by atoms with Crippen LogP contribution in [-0.2, 0) is 11.3 Å². The number of amides is 1. The first-order chi connectivity index (χ1) is 15.1. The van der Waals surface area contributed by atoms with E-state index in [1.807, 2.05) is 12.1 Å². The molecule has 0 saturated carbocycles. The van der Waals surface area contributed by atoms with Crippen LogP contribution in [0.2, 0.25) is 0 Å². The lowest BCUT2D eigenvalue weighted by atomic mass is 10.1. The Hall–Kier alpha value is -3.56. The number of oxazole rings is 1. The fourth-order valence-electron chi connectivity index (χ4n) is 3.25. The van der Waals surface area contributed by atoms with E-state index in [-0.39, 0.29) is 11.5 Å². The lowest BCUT2D eigenvalue weighted by Gasteiger charge is -2.10. The third-order valence-electron chi connectivity index (χ3n) is 4.83. The predicted molar refractivity (Wildman–Crippen MR) is 120 cm³/mol. The van der Waals surface area contributed by atoms with Gasteiger partial charge in [0.25, 0.3) is 11.5 Å². The van der Waals surface area contributed by atoms with E-state index in [9.17, 15) is 9.59 Å². The van der Waals surface area contributed by atoms with Gasteiger partial charge in [0.05, 0.1) is 17.1 Å². The number of hydrogen-bond acceptors (Lipinski definition) is 6. The molecule has 0 spiro atoms. The Kier molecular flexibility index (Phi) is 6.06. The zero-order valence-electron chi connectivity index (χ0n) is 16.8. The van der Waals surface area contributed by atoms with Gasteiger partial charge in [-0.15, -0.1) is 0 Å². The van der Waals surface area contributed by atoms with Crippen LogP contribution in [0.4, 0.5) is 5.69 Å². The lowest BCUT2D eigenvalue weighted by Crippen LogP contribution is -2.23. The molecule has 0 bridgehead atoms. The quantitative estimate of drug-likeness (QED) is 0.335. The van der Waals surface area contributed by atoms with Crippen molar-refractivity contribution >= 4 is 34.7 Å². The van der Waals surface area contributed by atoms with Gasteiger partial charge in [-0.3, -0.25) is 14.2 Å². The number of anilines is 1. The van der Waals surface area contributed by atoms with Gasteiger partial charge >= 0.3 is 0 Å². The van der Waals surface area contributed by atoms with Crippen LogP contribution in [0, 0.1) is 4.77 Å². The zero-order valence-corrected chi connectivity index (χ0v) is 17.6. The third-order valence-corrected chi connectivity index (χ3v) is 5.16. The standard InChI is InChI=1S/C22H20N4O4S/c1-29-10-2-9-26-21(28)17-8-5-15(11-18(17)25-22(26)31)20(27)24-16-6-3-14(4-7-16)19-12-23-13-30-19/h3-8,11-13H,2,9-10H2,1H3,(H,24,27)(H,25,31). The number of benzene rings is 2. The maximum atomic E-state index is 12.8. The van der Waals surface area contributed by atoms with Gasteiger partial charge in [-0.25, -0.2) is 4.98 Å². The van der Waals surface area contributed by atoms with Gasteiger partial charge in [-0.1, -0.05) is 0 Å². The number of nitrogens with zero attached hydrogens (tertiary/aromatic N) is 2. The molecule has 0 aliphatic heterocycles. The molecule has 9 heteroatoms. The first kappa shape index (κ1) is 20.7. The molecule has 0 atom stereocenters. The first-order valence-corrected chi connectivity index (χ1v) is 10.0. The number of fused-ring (bicyclic) bond motifs is 1. The maximum Gasteiger partial charge on any atom is 0.262 e. The van der Waals surface area contributed by atoms with E-state index in [0.717, 1.165) is 5.56 Å². The topological polar surface area (TPSA) is 102 Å². The fourth-order valence-corrected chi connectivity index (χ4v) is 3.53. The second-order valence-corrected chi connectivity index (χ2v) is 7.28. The number of H-pyrrole nitrogens is 1. The number of methoxy groups -OCH3 is 1. The number of aromatic amines is 1. The highest BCUT2D eigenvalue weighted by atomic mass is 32.1. The molecule has 0 radical (unpaired) electrons. The van der Waals surface area contributed by atoms with Crippen molar-refractivity contribution in [3.05, 3.63) is 75.7 Å². The first-order valence-electron chi connectivity index (χ1n) is 9.63. The van der Waals surface area contributed by atoms with Crippen LogP contribution in [0.15, 0.2) is 64.3 Å². The number of aromatic nitrogens is 3. The molecule has 0 aliphatic carbocycles.